The molecule has 19 heavy (non-hydrogen) atoms. The SMILES string of the molecule is N#Cc1cccc(CN2CCC(O)=C(C(=O)O)C2)c1. The topological polar surface area (TPSA) is 84.6 Å². The summed E-state index contributed by atoms with van der Waals surface area (Å²) in [6.07, 6.45) is 0.347. The molecule has 0 amide bonds. The zero-order valence-corrected chi connectivity index (χ0v) is 10.3. The van der Waals surface area contributed by atoms with Crippen LogP contribution in [0.1, 0.15) is 17.5 Å². The van der Waals surface area contributed by atoms with E-state index in [1.165, 1.54) is 0 Å². The van der Waals surface area contributed by atoms with Gasteiger partial charge in [-0.05, 0) is 17.7 Å². The normalized spacial score (nSPS) is 16.2. The Morgan fingerprint density at radius 2 is 2.26 bits per heavy atom. The van der Waals surface area contributed by atoms with Crippen molar-refractivity contribution in [2.75, 3.05) is 13.1 Å². The number of rotatable bonds is 3. The lowest BCUT2D eigenvalue weighted by Gasteiger charge is -2.27. The second-order valence-electron chi connectivity index (χ2n) is 4.50. The molecule has 0 unspecified atom stereocenters. The highest BCUT2D eigenvalue weighted by molar-refractivity contribution is 5.87. The molecule has 1 aromatic carbocycles. The molecule has 0 bridgehead atoms. The van der Waals surface area contributed by atoms with Crippen molar-refractivity contribution in [2.24, 2.45) is 0 Å². The predicted octanol–water partition coefficient (Wildman–Crippen LogP) is 1.66. The van der Waals surface area contributed by atoms with Gasteiger partial charge < -0.3 is 10.2 Å². The molecule has 98 valence electrons. The molecule has 2 rings (SSSR count). The fourth-order valence-electron chi connectivity index (χ4n) is 2.13. The number of carbonyl (C=O) groups is 1. The molecule has 0 spiro atoms. The van der Waals surface area contributed by atoms with Crippen molar-refractivity contribution < 1.29 is 15.0 Å². The monoisotopic (exact) mass is 258 g/mol. The minimum Gasteiger partial charge on any atom is -0.512 e. The summed E-state index contributed by atoms with van der Waals surface area (Å²) in [4.78, 5) is 12.9. The van der Waals surface area contributed by atoms with Gasteiger partial charge in [-0.25, -0.2) is 4.79 Å². The molecule has 0 aromatic heterocycles. The first kappa shape index (κ1) is 13.1. The molecule has 0 fully saturated rings. The molecular weight excluding hydrogens is 244 g/mol. The van der Waals surface area contributed by atoms with E-state index in [0.29, 0.717) is 25.1 Å². The molecule has 1 heterocycles. The fraction of sp³-hybridized carbons (Fsp3) is 0.286. The first-order valence-corrected chi connectivity index (χ1v) is 5.96. The van der Waals surface area contributed by atoms with Crippen molar-refractivity contribution >= 4 is 5.97 Å². The van der Waals surface area contributed by atoms with Crippen LogP contribution in [0.4, 0.5) is 0 Å². The van der Waals surface area contributed by atoms with Gasteiger partial charge in [-0.2, -0.15) is 5.26 Å². The molecule has 5 heteroatoms. The van der Waals surface area contributed by atoms with Gasteiger partial charge in [0.15, 0.2) is 0 Å². The highest BCUT2D eigenvalue weighted by Gasteiger charge is 2.23. The Bertz CT molecular complexity index is 572. The summed E-state index contributed by atoms with van der Waals surface area (Å²) >= 11 is 0. The third kappa shape index (κ3) is 3.12. The lowest BCUT2D eigenvalue weighted by atomic mass is 10.1. The largest absolute Gasteiger partial charge is 0.512 e. The van der Waals surface area contributed by atoms with Gasteiger partial charge in [0.1, 0.15) is 5.76 Å². The highest BCUT2D eigenvalue weighted by Crippen LogP contribution is 2.18. The number of aliphatic hydroxyl groups is 1. The van der Waals surface area contributed by atoms with Gasteiger partial charge in [0.25, 0.3) is 0 Å². The van der Waals surface area contributed by atoms with Crippen molar-refractivity contribution in [3.05, 3.63) is 46.7 Å². The van der Waals surface area contributed by atoms with E-state index >= 15 is 0 Å². The summed E-state index contributed by atoms with van der Waals surface area (Å²) in [6.45, 7) is 1.40. The standard InChI is InChI=1S/C14H14N2O3/c15-7-10-2-1-3-11(6-10)8-16-5-4-13(17)12(9-16)14(18)19/h1-3,6,17H,4-5,8-9H2,(H,18,19). The molecule has 1 aliphatic rings. The van der Waals surface area contributed by atoms with Crippen LogP contribution in [0.25, 0.3) is 0 Å². The average molecular weight is 258 g/mol. The molecule has 0 saturated carbocycles. The Hall–Kier alpha value is -2.32. The predicted molar refractivity (Wildman–Crippen MR) is 68.3 cm³/mol. The van der Waals surface area contributed by atoms with E-state index < -0.39 is 5.97 Å². The maximum atomic E-state index is 11.0. The average Bonchev–Trinajstić information content (AvgIpc) is 2.41. The molecule has 0 atom stereocenters. The van der Waals surface area contributed by atoms with Crippen molar-refractivity contribution in [1.29, 1.82) is 5.26 Å². The van der Waals surface area contributed by atoms with Crippen LogP contribution in [-0.4, -0.2) is 34.2 Å². The number of nitriles is 1. The second kappa shape index (κ2) is 5.55. The van der Waals surface area contributed by atoms with Crippen LogP contribution in [0.15, 0.2) is 35.6 Å². The van der Waals surface area contributed by atoms with Gasteiger partial charge >= 0.3 is 5.97 Å². The number of benzene rings is 1. The Balaban J connectivity index is 2.09. The summed E-state index contributed by atoms with van der Waals surface area (Å²) < 4.78 is 0. The van der Waals surface area contributed by atoms with Crippen LogP contribution in [0.2, 0.25) is 0 Å². The molecule has 1 aliphatic heterocycles. The van der Waals surface area contributed by atoms with E-state index in [9.17, 15) is 9.90 Å². The number of nitrogens with zero attached hydrogens (tertiary/aromatic N) is 2. The number of hydrogen-bond donors (Lipinski definition) is 2. The maximum Gasteiger partial charge on any atom is 0.336 e. The fourth-order valence-corrected chi connectivity index (χ4v) is 2.13. The highest BCUT2D eigenvalue weighted by atomic mass is 16.4. The third-order valence-electron chi connectivity index (χ3n) is 3.12. The Labute approximate surface area is 111 Å². The van der Waals surface area contributed by atoms with E-state index in [4.69, 9.17) is 10.4 Å². The van der Waals surface area contributed by atoms with E-state index in [1.54, 1.807) is 12.1 Å². The lowest BCUT2D eigenvalue weighted by molar-refractivity contribution is -0.133. The Morgan fingerprint density at radius 1 is 1.47 bits per heavy atom. The molecule has 2 N–H and O–H groups in total. The van der Waals surface area contributed by atoms with Crippen LogP contribution in [-0.2, 0) is 11.3 Å². The quantitative estimate of drug-likeness (QED) is 0.861. The van der Waals surface area contributed by atoms with Gasteiger partial charge in [0.05, 0.1) is 17.2 Å². The first-order valence-electron chi connectivity index (χ1n) is 5.96. The zero-order chi connectivity index (χ0) is 13.8. The molecule has 1 aromatic rings. The molecule has 5 nitrogen and oxygen atoms in total. The molecular formula is C14H14N2O3. The summed E-state index contributed by atoms with van der Waals surface area (Å²) in [5.41, 5.74) is 1.61. The number of aliphatic hydroxyl groups excluding tert-OH is 1. The zero-order valence-electron chi connectivity index (χ0n) is 10.3. The van der Waals surface area contributed by atoms with E-state index in [0.717, 1.165) is 5.56 Å². The second-order valence-corrected chi connectivity index (χ2v) is 4.50. The number of aliphatic carboxylic acids is 1. The summed E-state index contributed by atoms with van der Waals surface area (Å²) in [5, 5.41) is 27.4. The molecule has 0 aliphatic carbocycles. The summed E-state index contributed by atoms with van der Waals surface area (Å²) in [7, 11) is 0. The summed E-state index contributed by atoms with van der Waals surface area (Å²) in [6, 6.07) is 9.31. The smallest absolute Gasteiger partial charge is 0.336 e. The van der Waals surface area contributed by atoms with Crippen LogP contribution >= 0.6 is 0 Å². The Morgan fingerprint density at radius 3 is 2.95 bits per heavy atom. The van der Waals surface area contributed by atoms with Gasteiger partial charge in [0.2, 0.25) is 0 Å². The van der Waals surface area contributed by atoms with Crippen molar-refractivity contribution in [3.63, 3.8) is 0 Å². The van der Waals surface area contributed by atoms with Crippen LogP contribution in [0.5, 0.6) is 0 Å². The van der Waals surface area contributed by atoms with Crippen molar-refractivity contribution in [1.82, 2.24) is 4.90 Å². The van der Waals surface area contributed by atoms with Gasteiger partial charge in [0, 0.05) is 26.1 Å². The minimum atomic E-state index is -1.08. The van der Waals surface area contributed by atoms with Gasteiger partial charge in [-0.15, -0.1) is 0 Å². The van der Waals surface area contributed by atoms with Gasteiger partial charge in [-0.1, -0.05) is 12.1 Å². The van der Waals surface area contributed by atoms with Crippen molar-refractivity contribution in [2.45, 2.75) is 13.0 Å². The molecule has 0 saturated heterocycles. The van der Waals surface area contributed by atoms with Gasteiger partial charge in [-0.3, -0.25) is 4.90 Å². The van der Waals surface area contributed by atoms with Crippen LogP contribution in [0, 0.1) is 11.3 Å². The third-order valence-corrected chi connectivity index (χ3v) is 3.12. The number of carboxylic acid groups (broad SMARTS) is 1. The van der Waals surface area contributed by atoms with Crippen LogP contribution < -0.4 is 0 Å². The van der Waals surface area contributed by atoms with E-state index in [2.05, 4.69) is 6.07 Å². The summed E-state index contributed by atoms with van der Waals surface area (Å²) in [5.74, 6) is -1.11. The molecule has 0 radical (unpaired) electrons. The van der Waals surface area contributed by atoms with Crippen molar-refractivity contribution in [3.8, 4) is 6.07 Å². The Kier molecular flexibility index (Phi) is 3.83. The van der Waals surface area contributed by atoms with Crippen LogP contribution in [0.3, 0.4) is 0 Å². The van der Waals surface area contributed by atoms with E-state index in [1.807, 2.05) is 17.0 Å². The number of hydrogen-bond acceptors (Lipinski definition) is 4. The maximum absolute atomic E-state index is 11.0. The van der Waals surface area contributed by atoms with E-state index in [-0.39, 0.29) is 17.9 Å². The lowest BCUT2D eigenvalue weighted by Crippen LogP contribution is -2.33. The first-order chi connectivity index (χ1) is 9.10. The minimum absolute atomic E-state index is 0.0328. The number of carboxylic acids is 1.